The van der Waals surface area contributed by atoms with Crippen LogP contribution in [0.25, 0.3) is 0 Å². The minimum atomic E-state index is -4.18. The van der Waals surface area contributed by atoms with Crippen LogP contribution in [0.2, 0.25) is 0 Å². The number of esters is 1. The number of nitro groups is 2. The summed E-state index contributed by atoms with van der Waals surface area (Å²) in [4.78, 5) is 40.5. The summed E-state index contributed by atoms with van der Waals surface area (Å²) < 4.78 is 31.2. The van der Waals surface area contributed by atoms with Gasteiger partial charge in [-0.1, -0.05) is 30.2 Å². The van der Waals surface area contributed by atoms with E-state index < -0.39 is 39.1 Å². The summed E-state index contributed by atoms with van der Waals surface area (Å²) in [5.74, 6) is 60.8. The van der Waals surface area contributed by atoms with E-state index in [1.807, 2.05) is 0 Å². The van der Waals surface area contributed by atoms with Gasteiger partial charge in [0, 0.05) is 89.0 Å². The number of aliphatic hydroxyl groups excluding tert-OH is 1. The molecule has 2 aromatic carbocycles. The smallest absolute Gasteiger partial charge is 0.380 e. The minimum Gasteiger partial charge on any atom is -0.461 e. The number of benzene rings is 2. The van der Waals surface area contributed by atoms with Gasteiger partial charge in [-0.3, -0.25) is 25.0 Å². The highest BCUT2D eigenvalue weighted by Gasteiger charge is 2.49. The molecule has 0 fully saturated rings. The lowest BCUT2D eigenvalue weighted by molar-refractivity contribution is -0.385. The highest BCUT2D eigenvalue weighted by atomic mass is 19.3. The number of halogens is 2. The predicted molar refractivity (Wildman–Crippen MR) is 214 cm³/mol. The zero-order valence-corrected chi connectivity index (χ0v) is 30.5. The number of hydrogen-bond donors (Lipinski definition) is 1. The zero-order valence-electron chi connectivity index (χ0n) is 30.5. The number of rotatable bonds is 7. The van der Waals surface area contributed by atoms with Gasteiger partial charge in [0.1, 0.15) is 6.29 Å². The first kappa shape index (κ1) is 49.0. The Morgan fingerprint density at radius 1 is 0.695 bits per heavy atom. The highest BCUT2D eigenvalue weighted by Crippen LogP contribution is 2.33. The molecule has 0 spiro atoms. The standard InChI is InChI=1S/C29H4.C11H11F2NO5.C7H5NO3/c1-3-5-7-9-11-13-15-17-19-21-23-25-27-29-28-26-24-22-20-18-16-14-12-10-8-6-4-2;1-2-19-10(16)11(12,13)9(15)7-4-3-5-8(6-7)14(17)18;9-5-6-2-1-3-7(4-6)8(10)11/h1H,2H3;3-6,9,15H,2H2,1H3;1-5H. The number of aliphatic hydroxyl groups is 1. The van der Waals surface area contributed by atoms with E-state index >= 15 is 0 Å². The van der Waals surface area contributed by atoms with Gasteiger partial charge in [0.05, 0.1) is 16.5 Å². The number of alkyl halides is 2. The molecular weight excluding hydrogens is 759 g/mol. The zero-order chi connectivity index (χ0) is 44.0. The van der Waals surface area contributed by atoms with E-state index in [4.69, 9.17) is 6.42 Å². The van der Waals surface area contributed by atoms with E-state index in [9.17, 15) is 43.7 Å². The van der Waals surface area contributed by atoms with Gasteiger partial charge in [-0.05, 0) is 114 Å². The van der Waals surface area contributed by atoms with Gasteiger partial charge in [-0.15, -0.1) is 6.42 Å². The summed E-state index contributed by atoms with van der Waals surface area (Å²) >= 11 is 0. The summed E-state index contributed by atoms with van der Waals surface area (Å²) in [5.41, 5.74) is -0.641. The maximum absolute atomic E-state index is 13.5. The molecule has 0 saturated carbocycles. The number of aldehydes is 1. The van der Waals surface area contributed by atoms with Crippen LogP contribution < -0.4 is 0 Å². The predicted octanol–water partition coefficient (Wildman–Crippen LogP) is 3.92. The fourth-order valence-corrected chi connectivity index (χ4v) is 2.89. The Hall–Kier alpha value is -9.96. The van der Waals surface area contributed by atoms with Gasteiger partial charge in [-0.2, -0.15) is 8.78 Å². The third-order valence-corrected chi connectivity index (χ3v) is 5.20. The van der Waals surface area contributed by atoms with Crippen molar-refractivity contribution < 1.29 is 38.1 Å². The SMILES string of the molecule is C#CC#CC#CC#CC#CC#CC#CC#CC#CC#CC#CC#CC#CC#CC.CCOC(=O)C(F)(F)C(O)c1cccc([N+](=O)[O-])c1.O=Cc1cccc([N+](=O)[O-])c1. The van der Waals surface area contributed by atoms with E-state index in [2.05, 4.69) is 165 Å². The lowest BCUT2D eigenvalue weighted by atomic mass is 10.0. The molecule has 0 bridgehead atoms. The Morgan fingerprint density at radius 3 is 1.39 bits per heavy atom. The molecule has 2 rings (SSSR count). The Bertz CT molecular complexity index is 2840. The molecule has 12 heteroatoms. The number of nitro benzene ring substituents is 2. The quantitative estimate of drug-likeness (QED) is 0.146. The number of ether oxygens (including phenoxy) is 1. The molecule has 280 valence electrons. The summed E-state index contributed by atoms with van der Waals surface area (Å²) in [6.45, 7) is 2.77. The van der Waals surface area contributed by atoms with Crippen molar-refractivity contribution in [3.63, 3.8) is 0 Å². The van der Waals surface area contributed by atoms with Crippen LogP contribution in [0.5, 0.6) is 0 Å². The third kappa shape index (κ3) is 24.1. The molecule has 1 atom stereocenters. The molecule has 59 heavy (non-hydrogen) atoms. The van der Waals surface area contributed by atoms with Crippen molar-refractivity contribution in [1.29, 1.82) is 0 Å². The third-order valence-electron chi connectivity index (χ3n) is 5.20. The molecule has 10 nitrogen and oxygen atoms in total. The van der Waals surface area contributed by atoms with E-state index in [1.54, 1.807) is 6.92 Å². The van der Waals surface area contributed by atoms with Crippen LogP contribution in [0.1, 0.15) is 35.9 Å². The molecule has 0 amide bonds. The molecule has 0 aliphatic carbocycles. The van der Waals surface area contributed by atoms with E-state index in [1.165, 1.54) is 31.2 Å². The Labute approximate surface area is 339 Å². The lowest BCUT2D eigenvalue weighted by Gasteiger charge is -2.20. The fourth-order valence-electron chi connectivity index (χ4n) is 2.89. The highest BCUT2D eigenvalue weighted by molar-refractivity contribution is 5.78. The molecule has 1 unspecified atom stereocenters. The number of nitrogens with zero attached hydrogens (tertiary/aromatic N) is 2. The molecule has 0 aliphatic heterocycles. The Kier molecular flexibility index (Phi) is 26.2. The Balaban J connectivity index is 0.000000950. The van der Waals surface area contributed by atoms with Crippen LogP contribution in [0.3, 0.4) is 0 Å². The van der Waals surface area contributed by atoms with Crippen molar-refractivity contribution in [3.8, 4) is 166 Å². The van der Waals surface area contributed by atoms with Crippen molar-refractivity contribution in [1.82, 2.24) is 0 Å². The first-order valence-corrected chi connectivity index (χ1v) is 15.5. The summed E-state index contributed by atoms with van der Waals surface area (Å²) in [5, 5.41) is 30.1. The van der Waals surface area contributed by atoms with E-state index in [0.717, 1.165) is 24.3 Å². The molecule has 2 aromatic rings. The van der Waals surface area contributed by atoms with Crippen LogP contribution in [-0.2, 0) is 9.53 Å². The first-order chi connectivity index (χ1) is 28.5. The van der Waals surface area contributed by atoms with Crippen molar-refractivity contribution in [2.45, 2.75) is 25.9 Å². The van der Waals surface area contributed by atoms with Crippen molar-refractivity contribution in [2.24, 2.45) is 0 Å². The van der Waals surface area contributed by atoms with Crippen molar-refractivity contribution in [3.05, 3.63) is 79.9 Å². The first-order valence-electron chi connectivity index (χ1n) is 15.5. The number of hydrogen-bond acceptors (Lipinski definition) is 8. The average Bonchev–Trinajstić information content (AvgIpc) is 3.24. The topological polar surface area (TPSA) is 150 Å². The Morgan fingerprint density at radius 2 is 1.05 bits per heavy atom. The van der Waals surface area contributed by atoms with Crippen LogP contribution in [-0.4, -0.2) is 39.7 Å². The van der Waals surface area contributed by atoms with Crippen LogP contribution in [0, 0.1) is 187 Å². The summed E-state index contributed by atoms with van der Waals surface area (Å²) in [6.07, 6.45) is 2.99. The van der Waals surface area contributed by atoms with Gasteiger partial charge in [0.15, 0.2) is 6.10 Å². The van der Waals surface area contributed by atoms with Gasteiger partial charge >= 0.3 is 11.9 Å². The molecule has 0 aliphatic rings. The second kappa shape index (κ2) is 31.6. The second-order valence-corrected chi connectivity index (χ2v) is 9.09. The molecule has 0 radical (unpaired) electrons. The number of carbonyl (C=O) groups is 2. The lowest BCUT2D eigenvalue weighted by Crippen LogP contribution is -2.37. The molecule has 0 saturated heterocycles. The summed E-state index contributed by atoms with van der Waals surface area (Å²) in [7, 11) is 0. The van der Waals surface area contributed by atoms with Crippen LogP contribution in [0.4, 0.5) is 20.2 Å². The van der Waals surface area contributed by atoms with Crippen molar-refractivity contribution >= 4 is 23.6 Å². The van der Waals surface area contributed by atoms with E-state index in [-0.39, 0.29) is 12.3 Å². The fraction of sp³-hybridized carbons (Fsp3) is 0.106. The molecular formula is C47H20F2N2O8. The number of non-ortho nitro benzene ring substituents is 2. The largest absolute Gasteiger partial charge is 0.461 e. The van der Waals surface area contributed by atoms with Crippen LogP contribution in [0.15, 0.2) is 48.5 Å². The van der Waals surface area contributed by atoms with Gasteiger partial charge in [-0.25, -0.2) is 4.79 Å². The minimum absolute atomic E-state index is 0.0606. The van der Waals surface area contributed by atoms with Crippen molar-refractivity contribution in [2.75, 3.05) is 6.61 Å². The van der Waals surface area contributed by atoms with Gasteiger partial charge < -0.3 is 9.84 Å². The van der Waals surface area contributed by atoms with E-state index in [0.29, 0.717) is 11.8 Å². The maximum Gasteiger partial charge on any atom is 0.380 e. The number of carbonyl (C=O) groups excluding carboxylic acids is 2. The average molecular weight is 779 g/mol. The van der Waals surface area contributed by atoms with Crippen LogP contribution >= 0.6 is 0 Å². The molecule has 1 N–H and O–H groups in total. The second-order valence-electron chi connectivity index (χ2n) is 9.09. The maximum atomic E-state index is 13.5. The summed E-state index contributed by atoms with van der Waals surface area (Å²) in [6, 6.07) is 9.61. The monoisotopic (exact) mass is 778 g/mol. The normalized spacial score (nSPS) is 7.73. The van der Waals surface area contributed by atoms with Gasteiger partial charge in [0.25, 0.3) is 11.4 Å². The van der Waals surface area contributed by atoms with Gasteiger partial charge in [0.2, 0.25) is 0 Å². The molecule has 0 heterocycles. The molecule has 0 aromatic heterocycles. The number of terminal acetylenes is 1.